The molecule has 0 saturated carbocycles. The lowest BCUT2D eigenvalue weighted by Gasteiger charge is -2.18. The minimum absolute atomic E-state index is 0.0107. The van der Waals surface area contributed by atoms with Crippen molar-refractivity contribution in [1.29, 1.82) is 0 Å². The number of aromatic hydroxyl groups is 1. The number of phenols is 1. The molecule has 3 rings (SSSR count). The van der Waals surface area contributed by atoms with E-state index in [0.29, 0.717) is 12.1 Å². The molecule has 1 atom stereocenters. The number of rotatable bonds is 5. The summed E-state index contributed by atoms with van der Waals surface area (Å²) in [5, 5.41) is 16.1. The van der Waals surface area contributed by atoms with Gasteiger partial charge in [0.05, 0.1) is 18.4 Å². The summed E-state index contributed by atoms with van der Waals surface area (Å²) >= 11 is 0. The predicted octanol–water partition coefficient (Wildman–Crippen LogP) is 1.84. The van der Waals surface area contributed by atoms with Crippen molar-refractivity contribution in [3.05, 3.63) is 60.7 Å². The van der Waals surface area contributed by atoms with Gasteiger partial charge in [0.2, 0.25) is 0 Å². The molecule has 2 N–H and O–H groups in total. The van der Waals surface area contributed by atoms with Crippen molar-refractivity contribution >= 4 is 17.4 Å². The first-order valence-corrected chi connectivity index (χ1v) is 7.28. The first kappa shape index (κ1) is 15.1. The van der Waals surface area contributed by atoms with Crippen LogP contribution in [0.25, 0.3) is 0 Å². The minimum Gasteiger partial charge on any atom is -0.506 e. The number of hydrogen-bond donors (Lipinski definition) is 2. The van der Waals surface area contributed by atoms with Gasteiger partial charge in [0.25, 0.3) is 0 Å². The SMILES string of the molecule is C=CC(=O)OCCc1ccc(O)c(N2N=C3C=CC=CC3N2)c1. The van der Waals surface area contributed by atoms with Gasteiger partial charge in [-0.15, -0.1) is 0 Å². The Morgan fingerprint density at radius 3 is 3.13 bits per heavy atom. The number of nitrogens with zero attached hydrogens (tertiary/aromatic N) is 2. The molecule has 0 amide bonds. The molecule has 0 bridgehead atoms. The van der Waals surface area contributed by atoms with Gasteiger partial charge in [-0.25, -0.2) is 4.79 Å². The van der Waals surface area contributed by atoms with Crippen molar-refractivity contribution in [3.8, 4) is 5.75 Å². The molecule has 2 aliphatic rings. The van der Waals surface area contributed by atoms with Crippen LogP contribution in [0.1, 0.15) is 5.56 Å². The van der Waals surface area contributed by atoms with Crippen LogP contribution in [0.2, 0.25) is 0 Å². The molecule has 0 fully saturated rings. The lowest BCUT2D eigenvalue weighted by atomic mass is 10.1. The molecule has 1 aromatic carbocycles. The average Bonchev–Trinajstić information content (AvgIpc) is 3.00. The molecule has 1 unspecified atom stereocenters. The molecule has 6 heteroatoms. The van der Waals surface area contributed by atoms with Gasteiger partial charge in [-0.1, -0.05) is 30.9 Å². The molecule has 0 aromatic heterocycles. The van der Waals surface area contributed by atoms with Crippen LogP contribution >= 0.6 is 0 Å². The molecule has 1 aliphatic carbocycles. The number of phenolic OH excluding ortho intramolecular Hbond substituents is 1. The topological polar surface area (TPSA) is 74.2 Å². The third-order valence-electron chi connectivity index (χ3n) is 3.55. The largest absolute Gasteiger partial charge is 0.506 e. The van der Waals surface area contributed by atoms with Gasteiger partial charge in [0.15, 0.2) is 0 Å². The smallest absolute Gasteiger partial charge is 0.330 e. The van der Waals surface area contributed by atoms with Gasteiger partial charge in [-0.2, -0.15) is 15.6 Å². The number of hydrogen-bond acceptors (Lipinski definition) is 6. The van der Waals surface area contributed by atoms with E-state index >= 15 is 0 Å². The fraction of sp³-hybridized carbons (Fsp3) is 0.176. The van der Waals surface area contributed by atoms with Gasteiger partial charge in [-0.3, -0.25) is 0 Å². The number of benzene rings is 1. The average molecular weight is 311 g/mol. The fourth-order valence-corrected chi connectivity index (χ4v) is 2.36. The zero-order valence-corrected chi connectivity index (χ0v) is 12.5. The van der Waals surface area contributed by atoms with Crippen molar-refractivity contribution in [1.82, 2.24) is 5.43 Å². The first-order valence-electron chi connectivity index (χ1n) is 7.28. The Labute approximate surface area is 134 Å². The van der Waals surface area contributed by atoms with Crippen LogP contribution in [0.4, 0.5) is 5.69 Å². The number of allylic oxidation sites excluding steroid dienone is 2. The van der Waals surface area contributed by atoms with E-state index in [4.69, 9.17) is 4.74 Å². The summed E-state index contributed by atoms with van der Waals surface area (Å²) in [7, 11) is 0. The van der Waals surface area contributed by atoms with Crippen LogP contribution in [0, 0.1) is 0 Å². The van der Waals surface area contributed by atoms with Crippen LogP contribution in [-0.4, -0.2) is 29.4 Å². The Balaban J connectivity index is 1.73. The Morgan fingerprint density at radius 1 is 1.48 bits per heavy atom. The summed E-state index contributed by atoms with van der Waals surface area (Å²) in [5.41, 5.74) is 5.56. The first-order chi connectivity index (χ1) is 11.2. The number of anilines is 1. The molecule has 0 saturated heterocycles. The Bertz CT molecular complexity index is 722. The van der Waals surface area contributed by atoms with Crippen molar-refractivity contribution < 1.29 is 14.6 Å². The summed E-state index contributed by atoms with van der Waals surface area (Å²) in [4.78, 5) is 11.0. The highest BCUT2D eigenvalue weighted by Crippen LogP contribution is 2.30. The zero-order chi connectivity index (χ0) is 16.2. The minimum atomic E-state index is -0.445. The van der Waals surface area contributed by atoms with Crippen molar-refractivity contribution in [2.45, 2.75) is 12.5 Å². The van der Waals surface area contributed by atoms with Crippen LogP contribution in [0.15, 0.2) is 60.3 Å². The van der Waals surface area contributed by atoms with Crippen LogP contribution in [-0.2, 0) is 16.0 Å². The molecule has 1 aromatic rings. The molecule has 23 heavy (non-hydrogen) atoms. The van der Waals surface area contributed by atoms with Crippen molar-refractivity contribution in [2.75, 3.05) is 11.7 Å². The van der Waals surface area contributed by atoms with Crippen LogP contribution in [0.5, 0.6) is 5.75 Å². The second-order valence-corrected chi connectivity index (χ2v) is 5.13. The molecule has 1 heterocycles. The molecule has 118 valence electrons. The van der Waals surface area contributed by atoms with Gasteiger partial charge >= 0.3 is 5.97 Å². The zero-order valence-electron chi connectivity index (χ0n) is 12.5. The maximum absolute atomic E-state index is 11.0. The Kier molecular flexibility index (Phi) is 4.25. The Hall–Kier alpha value is -2.86. The summed E-state index contributed by atoms with van der Waals surface area (Å²) in [6, 6.07) is 5.22. The molecule has 0 radical (unpaired) electrons. The Morgan fingerprint density at radius 2 is 2.35 bits per heavy atom. The van der Waals surface area contributed by atoms with Crippen molar-refractivity contribution in [3.63, 3.8) is 0 Å². The molecular formula is C17H17N3O3. The van der Waals surface area contributed by atoms with Crippen LogP contribution < -0.4 is 10.5 Å². The fourth-order valence-electron chi connectivity index (χ4n) is 2.36. The van der Waals surface area contributed by atoms with Gasteiger partial charge in [-0.05, 0) is 23.8 Å². The number of hydrazine groups is 1. The summed E-state index contributed by atoms with van der Waals surface area (Å²) < 4.78 is 4.97. The summed E-state index contributed by atoms with van der Waals surface area (Å²) in [5.74, 6) is -0.320. The van der Waals surface area contributed by atoms with Gasteiger partial charge in [0, 0.05) is 12.5 Å². The second kappa shape index (κ2) is 6.50. The number of esters is 1. The number of carbonyl (C=O) groups is 1. The molecule has 6 nitrogen and oxygen atoms in total. The quantitative estimate of drug-likeness (QED) is 0.641. The lowest BCUT2D eigenvalue weighted by molar-refractivity contribution is -0.137. The van der Waals surface area contributed by atoms with E-state index in [9.17, 15) is 9.90 Å². The summed E-state index contributed by atoms with van der Waals surface area (Å²) in [6.45, 7) is 3.61. The van der Waals surface area contributed by atoms with E-state index in [2.05, 4.69) is 17.1 Å². The number of nitrogens with one attached hydrogen (secondary N) is 1. The highest BCUT2D eigenvalue weighted by molar-refractivity contribution is 6.03. The van der Waals surface area contributed by atoms with Crippen molar-refractivity contribution in [2.24, 2.45) is 5.10 Å². The number of hydrazone groups is 1. The normalized spacial score (nSPS) is 18.5. The van der Waals surface area contributed by atoms with Gasteiger partial charge < -0.3 is 9.84 Å². The molecular weight excluding hydrogens is 294 g/mol. The third kappa shape index (κ3) is 3.32. The summed E-state index contributed by atoms with van der Waals surface area (Å²) in [6.07, 6.45) is 9.47. The number of fused-ring (bicyclic) bond motifs is 1. The number of carbonyl (C=O) groups excluding carboxylic acids is 1. The highest BCUT2D eigenvalue weighted by Gasteiger charge is 2.25. The predicted molar refractivity (Wildman–Crippen MR) is 88.1 cm³/mol. The monoisotopic (exact) mass is 311 g/mol. The number of ether oxygens (including phenoxy) is 1. The van der Waals surface area contributed by atoms with E-state index < -0.39 is 5.97 Å². The van der Waals surface area contributed by atoms with E-state index in [0.717, 1.165) is 17.4 Å². The van der Waals surface area contributed by atoms with E-state index in [1.54, 1.807) is 17.3 Å². The maximum Gasteiger partial charge on any atom is 0.330 e. The highest BCUT2D eigenvalue weighted by atomic mass is 16.5. The van der Waals surface area contributed by atoms with E-state index in [1.165, 1.54) is 0 Å². The van der Waals surface area contributed by atoms with Gasteiger partial charge in [0.1, 0.15) is 11.4 Å². The second-order valence-electron chi connectivity index (χ2n) is 5.13. The molecule has 0 spiro atoms. The lowest BCUT2D eigenvalue weighted by Crippen LogP contribution is -2.36. The standard InChI is InChI=1S/C17H17N3O3/c1-2-17(22)23-10-9-12-7-8-16(21)15(11-12)20-18-13-5-3-4-6-14(13)19-20/h2-8,11,13,18,21H,1,9-10H2. The third-order valence-corrected chi connectivity index (χ3v) is 3.55. The maximum atomic E-state index is 11.0. The molecule has 1 aliphatic heterocycles. The van der Waals surface area contributed by atoms with Crippen LogP contribution in [0.3, 0.4) is 0 Å². The van der Waals surface area contributed by atoms with E-state index in [-0.39, 0.29) is 18.4 Å². The van der Waals surface area contributed by atoms with E-state index in [1.807, 2.05) is 30.4 Å².